The molecule has 2 aromatic rings. The van der Waals surface area contributed by atoms with E-state index in [9.17, 15) is 18.0 Å². The summed E-state index contributed by atoms with van der Waals surface area (Å²) in [4.78, 5) is 23.6. The Morgan fingerprint density at radius 1 is 1.08 bits per heavy atom. The van der Waals surface area contributed by atoms with Crippen LogP contribution in [0.15, 0.2) is 59.5 Å². The Kier molecular flexibility index (Phi) is 6.31. The van der Waals surface area contributed by atoms with Gasteiger partial charge in [0.2, 0.25) is 10.0 Å². The number of hydrogen-bond acceptors (Lipinski definition) is 6. The number of anilines is 1. The van der Waals surface area contributed by atoms with E-state index < -0.39 is 34.6 Å². The maximum absolute atomic E-state index is 11.9. The molecule has 0 saturated heterocycles. The number of primary sulfonamides is 1. The summed E-state index contributed by atoms with van der Waals surface area (Å²) in [7, 11) is -3.80. The van der Waals surface area contributed by atoms with E-state index in [1.807, 2.05) is 6.07 Å². The first kappa shape index (κ1) is 19.4. The van der Waals surface area contributed by atoms with Gasteiger partial charge in [0, 0.05) is 5.69 Å². The quantitative estimate of drug-likeness (QED) is 0.699. The Morgan fingerprint density at radius 3 is 2.27 bits per heavy atom. The molecule has 138 valence electrons. The minimum Gasteiger partial charge on any atom is -0.479 e. The highest BCUT2D eigenvalue weighted by Crippen LogP contribution is 2.13. The number of para-hydroxylation sites is 1. The van der Waals surface area contributed by atoms with Gasteiger partial charge >= 0.3 is 5.97 Å². The fourth-order valence-electron chi connectivity index (χ4n) is 1.93. The number of rotatable bonds is 7. The first-order valence-electron chi connectivity index (χ1n) is 7.57. The van der Waals surface area contributed by atoms with Gasteiger partial charge in [-0.25, -0.2) is 18.4 Å². The van der Waals surface area contributed by atoms with Crippen LogP contribution in [0.1, 0.15) is 6.92 Å². The molecular weight excluding hydrogens is 360 g/mol. The summed E-state index contributed by atoms with van der Waals surface area (Å²) in [5.41, 5.74) is 0.340. The zero-order valence-corrected chi connectivity index (χ0v) is 14.7. The summed E-state index contributed by atoms with van der Waals surface area (Å²) in [6.07, 6.45) is -0.876. The SMILES string of the molecule is C[C@H](Oc1ccccc1)C(=O)OCC(=O)Nc1ccc(S(N)(=O)=O)cc1. The average Bonchev–Trinajstić information content (AvgIpc) is 2.60. The summed E-state index contributed by atoms with van der Waals surface area (Å²) >= 11 is 0. The van der Waals surface area contributed by atoms with E-state index in [1.165, 1.54) is 31.2 Å². The summed E-state index contributed by atoms with van der Waals surface area (Å²) in [6.45, 7) is 1.01. The standard InChI is InChI=1S/C17H18N2O6S/c1-12(25-14-5-3-2-4-6-14)17(21)24-11-16(20)19-13-7-9-15(10-8-13)26(18,22)23/h2-10,12H,11H2,1H3,(H,19,20)(H2,18,22,23)/t12-/m0/s1. The van der Waals surface area contributed by atoms with E-state index in [0.29, 0.717) is 11.4 Å². The molecule has 0 fully saturated rings. The zero-order valence-electron chi connectivity index (χ0n) is 13.9. The normalized spacial score (nSPS) is 12.1. The molecule has 2 aromatic carbocycles. The molecule has 0 spiro atoms. The van der Waals surface area contributed by atoms with Crippen LogP contribution >= 0.6 is 0 Å². The van der Waals surface area contributed by atoms with Crippen LogP contribution in [0.2, 0.25) is 0 Å². The van der Waals surface area contributed by atoms with E-state index in [1.54, 1.807) is 24.3 Å². The van der Waals surface area contributed by atoms with Crippen molar-refractivity contribution >= 4 is 27.6 Å². The van der Waals surface area contributed by atoms with Crippen molar-refractivity contribution in [3.05, 3.63) is 54.6 Å². The van der Waals surface area contributed by atoms with Gasteiger partial charge in [-0.3, -0.25) is 4.79 Å². The number of amides is 1. The number of ether oxygens (including phenoxy) is 2. The Labute approximate surface area is 151 Å². The Balaban J connectivity index is 1.81. The van der Waals surface area contributed by atoms with E-state index >= 15 is 0 Å². The molecule has 0 bridgehead atoms. The lowest BCUT2D eigenvalue weighted by Gasteiger charge is -2.13. The summed E-state index contributed by atoms with van der Waals surface area (Å²) in [5.74, 6) is -0.751. The molecule has 8 nitrogen and oxygen atoms in total. The minimum atomic E-state index is -3.80. The number of carbonyl (C=O) groups is 2. The van der Waals surface area contributed by atoms with Gasteiger partial charge in [-0.2, -0.15) is 0 Å². The third-order valence-corrected chi connectivity index (χ3v) is 4.13. The van der Waals surface area contributed by atoms with Crippen LogP contribution in [0.4, 0.5) is 5.69 Å². The van der Waals surface area contributed by atoms with Crippen molar-refractivity contribution in [1.82, 2.24) is 0 Å². The van der Waals surface area contributed by atoms with Crippen molar-refractivity contribution in [1.29, 1.82) is 0 Å². The molecule has 0 aromatic heterocycles. The molecule has 1 atom stereocenters. The van der Waals surface area contributed by atoms with Crippen LogP contribution in [-0.4, -0.2) is 33.0 Å². The number of esters is 1. The van der Waals surface area contributed by atoms with Crippen molar-refractivity contribution in [2.45, 2.75) is 17.9 Å². The molecule has 0 radical (unpaired) electrons. The van der Waals surface area contributed by atoms with E-state index in [0.717, 1.165) is 0 Å². The number of benzene rings is 2. The van der Waals surface area contributed by atoms with Crippen LogP contribution < -0.4 is 15.2 Å². The molecule has 2 rings (SSSR count). The molecule has 0 aliphatic carbocycles. The van der Waals surface area contributed by atoms with Crippen molar-refractivity contribution in [2.75, 3.05) is 11.9 Å². The largest absolute Gasteiger partial charge is 0.479 e. The van der Waals surface area contributed by atoms with Crippen LogP contribution in [0, 0.1) is 0 Å². The Hall–Kier alpha value is -2.91. The third-order valence-electron chi connectivity index (χ3n) is 3.20. The molecule has 0 aliphatic heterocycles. The topological polar surface area (TPSA) is 125 Å². The van der Waals surface area contributed by atoms with Gasteiger partial charge in [0.15, 0.2) is 12.7 Å². The summed E-state index contributed by atoms with van der Waals surface area (Å²) in [6, 6.07) is 14.0. The van der Waals surface area contributed by atoms with E-state index in [4.69, 9.17) is 14.6 Å². The molecule has 0 unspecified atom stereocenters. The second-order valence-electron chi connectivity index (χ2n) is 5.30. The zero-order chi connectivity index (χ0) is 19.2. The second kappa shape index (κ2) is 8.45. The van der Waals surface area contributed by atoms with Gasteiger partial charge in [0.1, 0.15) is 5.75 Å². The highest BCUT2D eigenvalue weighted by Gasteiger charge is 2.18. The first-order chi connectivity index (χ1) is 12.3. The predicted octanol–water partition coefficient (Wildman–Crippen LogP) is 1.28. The van der Waals surface area contributed by atoms with Crippen molar-refractivity contribution in [3.63, 3.8) is 0 Å². The van der Waals surface area contributed by atoms with Crippen LogP contribution in [-0.2, 0) is 24.3 Å². The fourth-order valence-corrected chi connectivity index (χ4v) is 2.45. The molecular formula is C17H18N2O6S. The molecule has 26 heavy (non-hydrogen) atoms. The van der Waals surface area contributed by atoms with Crippen molar-refractivity contribution in [2.24, 2.45) is 5.14 Å². The molecule has 1 amide bonds. The van der Waals surface area contributed by atoms with Gasteiger partial charge in [0.25, 0.3) is 5.91 Å². The fraction of sp³-hybridized carbons (Fsp3) is 0.176. The maximum Gasteiger partial charge on any atom is 0.347 e. The van der Waals surface area contributed by atoms with Crippen LogP contribution in [0.25, 0.3) is 0 Å². The lowest BCUT2D eigenvalue weighted by atomic mass is 10.3. The monoisotopic (exact) mass is 378 g/mol. The highest BCUT2D eigenvalue weighted by atomic mass is 32.2. The summed E-state index contributed by atoms with van der Waals surface area (Å²) in [5, 5.41) is 7.46. The Bertz CT molecular complexity index is 866. The number of nitrogens with one attached hydrogen (secondary N) is 1. The third kappa shape index (κ3) is 5.87. The number of hydrogen-bond donors (Lipinski definition) is 2. The molecule has 3 N–H and O–H groups in total. The minimum absolute atomic E-state index is 0.0752. The molecule has 9 heteroatoms. The smallest absolute Gasteiger partial charge is 0.347 e. The second-order valence-corrected chi connectivity index (χ2v) is 6.86. The number of sulfonamides is 1. The van der Waals surface area contributed by atoms with Crippen LogP contribution in [0.5, 0.6) is 5.75 Å². The lowest BCUT2D eigenvalue weighted by molar-refractivity contribution is -0.153. The molecule has 0 heterocycles. The van der Waals surface area contributed by atoms with Gasteiger partial charge in [-0.05, 0) is 43.3 Å². The van der Waals surface area contributed by atoms with Gasteiger partial charge in [0.05, 0.1) is 4.90 Å². The number of carbonyl (C=O) groups excluding carboxylic acids is 2. The first-order valence-corrected chi connectivity index (χ1v) is 9.11. The van der Waals surface area contributed by atoms with Gasteiger partial charge in [-0.1, -0.05) is 18.2 Å². The Morgan fingerprint density at radius 2 is 1.69 bits per heavy atom. The maximum atomic E-state index is 11.9. The average molecular weight is 378 g/mol. The van der Waals surface area contributed by atoms with E-state index in [2.05, 4.69) is 5.32 Å². The highest BCUT2D eigenvalue weighted by molar-refractivity contribution is 7.89. The summed E-state index contributed by atoms with van der Waals surface area (Å²) < 4.78 is 32.6. The van der Waals surface area contributed by atoms with Crippen LogP contribution in [0.3, 0.4) is 0 Å². The molecule has 0 aliphatic rings. The predicted molar refractivity (Wildman–Crippen MR) is 93.9 cm³/mol. The molecule has 0 saturated carbocycles. The van der Waals surface area contributed by atoms with Crippen molar-refractivity contribution < 1.29 is 27.5 Å². The van der Waals surface area contributed by atoms with Crippen molar-refractivity contribution in [3.8, 4) is 5.75 Å². The number of nitrogens with two attached hydrogens (primary N) is 1. The lowest BCUT2D eigenvalue weighted by Crippen LogP contribution is -2.29. The van der Waals surface area contributed by atoms with Gasteiger partial charge < -0.3 is 14.8 Å². The van der Waals surface area contributed by atoms with E-state index in [-0.39, 0.29) is 4.90 Å². The van der Waals surface area contributed by atoms with Gasteiger partial charge in [-0.15, -0.1) is 0 Å².